The molecule has 0 heterocycles. The number of sulfonamides is 2. The van der Waals surface area contributed by atoms with E-state index in [1.165, 1.54) is 0 Å². The Hall–Kier alpha value is -0.390. The van der Waals surface area contributed by atoms with Gasteiger partial charge in [0.15, 0.2) is 0 Å². The minimum Gasteiger partial charge on any atom is -0.211 e. The highest BCUT2D eigenvalue weighted by molar-refractivity contribution is 7.92. The number of alkyl halides is 3. The molecule has 0 radical (unpaired) electrons. The topological polar surface area (TPSA) is 92.3 Å². The van der Waals surface area contributed by atoms with Crippen molar-refractivity contribution in [2.75, 3.05) is 6.26 Å². The van der Waals surface area contributed by atoms with E-state index in [-0.39, 0.29) is 0 Å². The number of hydrogen-bond acceptors (Lipinski definition) is 4. The molecule has 0 aromatic heterocycles. The molecular weight excluding hydrogens is 237 g/mol. The molecule has 13 heavy (non-hydrogen) atoms. The molecule has 0 saturated heterocycles. The zero-order chi connectivity index (χ0) is 10.9. The van der Waals surface area contributed by atoms with Crippen LogP contribution in [0.5, 0.6) is 0 Å². The first-order valence-electron chi connectivity index (χ1n) is 2.50. The lowest BCUT2D eigenvalue weighted by atomic mass is 11.6. The van der Waals surface area contributed by atoms with E-state index in [1.54, 1.807) is 0 Å². The molecule has 0 fully saturated rings. The summed E-state index contributed by atoms with van der Waals surface area (Å²) in [6.45, 7) is 0. The van der Waals surface area contributed by atoms with Crippen LogP contribution in [0.1, 0.15) is 0 Å². The van der Waals surface area contributed by atoms with Crippen molar-refractivity contribution in [2.45, 2.75) is 5.51 Å². The van der Waals surface area contributed by atoms with E-state index >= 15 is 0 Å². The molecule has 2 N–H and O–H groups in total. The van der Waals surface area contributed by atoms with Gasteiger partial charge >= 0.3 is 15.5 Å². The van der Waals surface area contributed by atoms with Crippen LogP contribution in [0.25, 0.3) is 0 Å². The Morgan fingerprint density at radius 2 is 1.38 bits per heavy atom. The normalized spacial score (nSPS) is 14.5. The molecular formula is C2H5F3N2O4S2. The Morgan fingerprint density at radius 1 is 1.00 bits per heavy atom. The van der Waals surface area contributed by atoms with Crippen LogP contribution < -0.4 is 9.66 Å². The Balaban J connectivity index is 4.59. The quantitative estimate of drug-likeness (QED) is 0.614. The molecule has 0 bridgehead atoms. The standard InChI is InChI=1S/C2H5F3N2O4S2/c1-12(8,9)6-7-13(10,11)2(3,4)5/h6-7H,1H3. The van der Waals surface area contributed by atoms with Gasteiger partial charge in [-0.3, -0.25) is 0 Å². The predicted molar refractivity (Wildman–Crippen MR) is 36.1 cm³/mol. The van der Waals surface area contributed by atoms with Crippen LogP contribution in [0.4, 0.5) is 13.2 Å². The largest absolute Gasteiger partial charge is 0.512 e. The van der Waals surface area contributed by atoms with Crippen LogP contribution >= 0.6 is 0 Å². The van der Waals surface area contributed by atoms with Crippen molar-refractivity contribution >= 4 is 20.0 Å². The second-order valence-corrected chi connectivity index (χ2v) is 5.35. The minimum atomic E-state index is -5.67. The third-order valence-electron chi connectivity index (χ3n) is 0.666. The van der Waals surface area contributed by atoms with E-state index in [0.29, 0.717) is 11.1 Å². The SMILES string of the molecule is CS(=O)(=O)NNS(=O)(=O)C(F)(F)F. The highest BCUT2D eigenvalue weighted by atomic mass is 32.2. The van der Waals surface area contributed by atoms with Gasteiger partial charge in [0.25, 0.3) is 0 Å². The van der Waals surface area contributed by atoms with Crippen LogP contribution in [0.2, 0.25) is 0 Å². The number of rotatable bonds is 3. The van der Waals surface area contributed by atoms with Gasteiger partial charge in [-0.25, -0.2) is 16.8 Å². The van der Waals surface area contributed by atoms with E-state index in [4.69, 9.17) is 0 Å². The van der Waals surface area contributed by atoms with Gasteiger partial charge in [0, 0.05) is 0 Å². The molecule has 0 atom stereocenters. The highest BCUT2D eigenvalue weighted by Gasteiger charge is 2.46. The molecule has 0 spiro atoms. The Kier molecular flexibility index (Phi) is 3.30. The first-order valence-corrected chi connectivity index (χ1v) is 5.88. The summed E-state index contributed by atoms with van der Waals surface area (Å²) in [6, 6.07) is 0. The number of nitrogens with one attached hydrogen (secondary N) is 2. The van der Waals surface area contributed by atoms with E-state index in [0.717, 1.165) is 4.83 Å². The molecule has 0 aliphatic rings. The van der Waals surface area contributed by atoms with Gasteiger partial charge in [-0.2, -0.15) is 13.2 Å². The first-order chi connectivity index (χ1) is 5.46. The van der Waals surface area contributed by atoms with Gasteiger partial charge < -0.3 is 0 Å². The second kappa shape index (κ2) is 3.40. The zero-order valence-electron chi connectivity index (χ0n) is 6.08. The van der Waals surface area contributed by atoms with Crippen molar-refractivity contribution in [2.24, 2.45) is 0 Å². The van der Waals surface area contributed by atoms with E-state index in [1.807, 2.05) is 0 Å². The fourth-order valence-electron chi connectivity index (χ4n) is 0.188. The fraction of sp³-hybridized carbons (Fsp3) is 1.00. The summed E-state index contributed by atoms with van der Waals surface area (Å²) in [4.78, 5) is 1.63. The molecule has 0 aromatic carbocycles. The average Bonchev–Trinajstić information content (AvgIpc) is 1.79. The van der Waals surface area contributed by atoms with Gasteiger partial charge in [-0.15, -0.1) is 9.66 Å². The Morgan fingerprint density at radius 3 is 1.62 bits per heavy atom. The molecule has 0 aliphatic heterocycles. The van der Waals surface area contributed by atoms with E-state index in [2.05, 4.69) is 0 Å². The van der Waals surface area contributed by atoms with Gasteiger partial charge in [0.1, 0.15) is 0 Å². The number of hydrazine groups is 1. The predicted octanol–water partition coefficient (Wildman–Crippen LogP) is -1.11. The van der Waals surface area contributed by atoms with Crippen molar-refractivity contribution in [1.82, 2.24) is 9.66 Å². The van der Waals surface area contributed by atoms with Crippen LogP contribution in [-0.2, 0) is 20.0 Å². The summed E-state index contributed by atoms with van der Waals surface area (Å²) in [5, 5.41) is 0. The summed E-state index contributed by atoms with van der Waals surface area (Å²) >= 11 is 0. The van der Waals surface area contributed by atoms with Crippen LogP contribution in [0.15, 0.2) is 0 Å². The summed E-state index contributed by atoms with van der Waals surface area (Å²) in [5.41, 5.74) is -5.55. The summed E-state index contributed by atoms with van der Waals surface area (Å²) < 4.78 is 75.2. The maximum Gasteiger partial charge on any atom is 0.512 e. The molecule has 0 unspecified atom stereocenters. The lowest BCUT2D eigenvalue weighted by Gasteiger charge is -2.08. The van der Waals surface area contributed by atoms with Crippen molar-refractivity contribution < 1.29 is 30.0 Å². The molecule has 0 aromatic rings. The first kappa shape index (κ1) is 12.6. The maximum absolute atomic E-state index is 11.5. The third-order valence-corrected chi connectivity index (χ3v) is 2.25. The molecule has 0 amide bonds. The molecule has 0 aliphatic carbocycles. The Labute approximate surface area is 72.2 Å². The maximum atomic E-state index is 11.5. The van der Waals surface area contributed by atoms with E-state index in [9.17, 15) is 30.0 Å². The fourth-order valence-corrected chi connectivity index (χ4v) is 1.35. The lowest BCUT2D eigenvalue weighted by Crippen LogP contribution is -2.46. The van der Waals surface area contributed by atoms with Crippen LogP contribution in [-0.4, -0.2) is 28.6 Å². The smallest absolute Gasteiger partial charge is 0.211 e. The molecule has 0 saturated carbocycles. The monoisotopic (exact) mass is 242 g/mol. The van der Waals surface area contributed by atoms with Crippen LogP contribution in [0, 0.1) is 0 Å². The summed E-state index contributed by atoms with van der Waals surface area (Å²) in [5.74, 6) is 0. The van der Waals surface area contributed by atoms with Gasteiger partial charge in [-0.05, 0) is 0 Å². The second-order valence-electron chi connectivity index (χ2n) is 1.93. The summed E-state index contributed by atoms with van der Waals surface area (Å²) in [7, 11) is -9.73. The van der Waals surface area contributed by atoms with E-state index < -0.39 is 25.6 Å². The lowest BCUT2D eigenvalue weighted by molar-refractivity contribution is -0.0449. The number of hydrogen-bond donors (Lipinski definition) is 2. The van der Waals surface area contributed by atoms with Crippen LogP contribution in [0.3, 0.4) is 0 Å². The Bertz CT molecular complexity index is 367. The zero-order valence-corrected chi connectivity index (χ0v) is 7.72. The van der Waals surface area contributed by atoms with Crippen molar-refractivity contribution in [3.63, 3.8) is 0 Å². The van der Waals surface area contributed by atoms with Crippen molar-refractivity contribution in [1.29, 1.82) is 0 Å². The van der Waals surface area contributed by atoms with Crippen molar-refractivity contribution in [3.8, 4) is 0 Å². The highest BCUT2D eigenvalue weighted by Crippen LogP contribution is 2.20. The molecule has 80 valence electrons. The van der Waals surface area contributed by atoms with Crippen molar-refractivity contribution in [3.05, 3.63) is 0 Å². The molecule has 11 heteroatoms. The van der Waals surface area contributed by atoms with Gasteiger partial charge in [0.05, 0.1) is 6.26 Å². The number of halogens is 3. The summed E-state index contributed by atoms with van der Waals surface area (Å²) in [6.07, 6.45) is 0.492. The third kappa shape index (κ3) is 4.40. The average molecular weight is 242 g/mol. The molecule has 6 nitrogen and oxygen atoms in total. The minimum absolute atomic E-state index is 0.492. The van der Waals surface area contributed by atoms with Gasteiger partial charge in [0.2, 0.25) is 10.0 Å². The molecule has 0 rings (SSSR count). The van der Waals surface area contributed by atoms with Gasteiger partial charge in [-0.1, -0.05) is 0 Å².